The second-order valence-electron chi connectivity index (χ2n) is 3.20. The topological polar surface area (TPSA) is 50.2 Å². The van der Waals surface area contributed by atoms with Gasteiger partial charge < -0.3 is 5.11 Å². The molecule has 1 aromatic carbocycles. The molecule has 0 aliphatic heterocycles. The van der Waals surface area contributed by atoms with Gasteiger partial charge in [0.1, 0.15) is 4.88 Å². The minimum Gasteiger partial charge on any atom is -0.477 e. The van der Waals surface area contributed by atoms with Crippen LogP contribution in [-0.2, 0) is 0 Å². The first-order valence-corrected chi connectivity index (χ1v) is 5.74. The van der Waals surface area contributed by atoms with E-state index in [2.05, 4.69) is 4.98 Å². The SMILES string of the molecule is Cc1nc(-c2ccccc2Cl)c(C(=O)O)s1. The molecular formula is C11H8ClNO2S. The Labute approximate surface area is 101 Å². The van der Waals surface area contributed by atoms with Crippen molar-refractivity contribution in [2.75, 3.05) is 0 Å². The van der Waals surface area contributed by atoms with Gasteiger partial charge in [-0.05, 0) is 13.0 Å². The van der Waals surface area contributed by atoms with E-state index in [4.69, 9.17) is 16.7 Å². The Kier molecular flexibility index (Phi) is 2.94. The van der Waals surface area contributed by atoms with E-state index in [0.717, 1.165) is 11.3 Å². The van der Waals surface area contributed by atoms with Gasteiger partial charge in [0, 0.05) is 5.56 Å². The van der Waals surface area contributed by atoms with E-state index in [9.17, 15) is 4.79 Å². The highest BCUT2D eigenvalue weighted by atomic mass is 35.5. The van der Waals surface area contributed by atoms with Gasteiger partial charge in [0.25, 0.3) is 0 Å². The molecule has 0 saturated heterocycles. The van der Waals surface area contributed by atoms with Crippen molar-refractivity contribution in [2.45, 2.75) is 6.92 Å². The molecule has 2 rings (SSSR count). The predicted octanol–water partition coefficient (Wildman–Crippen LogP) is 3.47. The van der Waals surface area contributed by atoms with E-state index < -0.39 is 5.97 Å². The van der Waals surface area contributed by atoms with Gasteiger partial charge in [-0.2, -0.15) is 0 Å². The summed E-state index contributed by atoms with van der Waals surface area (Å²) in [6.45, 7) is 1.78. The number of hydrogen-bond donors (Lipinski definition) is 1. The zero-order chi connectivity index (χ0) is 11.7. The summed E-state index contributed by atoms with van der Waals surface area (Å²) >= 11 is 7.17. The van der Waals surface area contributed by atoms with E-state index in [0.29, 0.717) is 21.3 Å². The first-order chi connectivity index (χ1) is 7.59. The molecule has 3 nitrogen and oxygen atoms in total. The average molecular weight is 254 g/mol. The lowest BCUT2D eigenvalue weighted by Gasteiger charge is -2.01. The molecule has 82 valence electrons. The molecule has 1 heterocycles. The normalized spacial score (nSPS) is 10.4. The molecular weight excluding hydrogens is 246 g/mol. The van der Waals surface area contributed by atoms with Gasteiger partial charge in [0.15, 0.2) is 0 Å². The molecule has 0 radical (unpaired) electrons. The molecule has 1 aromatic heterocycles. The third-order valence-electron chi connectivity index (χ3n) is 2.06. The quantitative estimate of drug-likeness (QED) is 0.892. The number of aryl methyl sites for hydroxylation is 1. The number of aromatic carboxylic acids is 1. The number of carboxylic acid groups (broad SMARTS) is 1. The van der Waals surface area contributed by atoms with Crippen LogP contribution in [0.25, 0.3) is 11.3 Å². The molecule has 16 heavy (non-hydrogen) atoms. The minimum atomic E-state index is -0.972. The van der Waals surface area contributed by atoms with Crippen molar-refractivity contribution in [3.05, 3.63) is 39.2 Å². The van der Waals surface area contributed by atoms with Crippen molar-refractivity contribution < 1.29 is 9.90 Å². The zero-order valence-corrected chi connectivity index (χ0v) is 9.97. The average Bonchev–Trinajstić information content (AvgIpc) is 2.61. The van der Waals surface area contributed by atoms with Crippen LogP contribution in [0.4, 0.5) is 0 Å². The van der Waals surface area contributed by atoms with Crippen molar-refractivity contribution in [1.29, 1.82) is 0 Å². The predicted molar refractivity (Wildman–Crippen MR) is 64.3 cm³/mol. The Hall–Kier alpha value is -1.39. The molecule has 0 aliphatic rings. The molecule has 0 spiro atoms. The van der Waals surface area contributed by atoms with E-state index in [-0.39, 0.29) is 4.88 Å². The Balaban J connectivity index is 2.64. The molecule has 0 amide bonds. The summed E-state index contributed by atoms with van der Waals surface area (Å²) in [6, 6.07) is 7.09. The third-order valence-corrected chi connectivity index (χ3v) is 3.35. The monoisotopic (exact) mass is 253 g/mol. The number of halogens is 1. The fourth-order valence-corrected chi connectivity index (χ4v) is 2.40. The van der Waals surface area contributed by atoms with Gasteiger partial charge in [0.2, 0.25) is 0 Å². The minimum absolute atomic E-state index is 0.227. The number of rotatable bonds is 2. The van der Waals surface area contributed by atoms with Crippen molar-refractivity contribution in [2.24, 2.45) is 0 Å². The number of carbonyl (C=O) groups is 1. The number of thiazole rings is 1. The Bertz CT molecular complexity index is 551. The van der Waals surface area contributed by atoms with E-state index in [1.807, 2.05) is 6.07 Å². The van der Waals surface area contributed by atoms with Crippen LogP contribution in [0.15, 0.2) is 24.3 Å². The van der Waals surface area contributed by atoms with Crippen LogP contribution in [0.5, 0.6) is 0 Å². The van der Waals surface area contributed by atoms with Crippen LogP contribution in [0, 0.1) is 6.92 Å². The van der Waals surface area contributed by atoms with Gasteiger partial charge in [-0.3, -0.25) is 0 Å². The molecule has 2 aromatic rings. The molecule has 5 heteroatoms. The van der Waals surface area contributed by atoms with Gasteiger partial charge in [0.05, 0.1) is 15.7 Å². The van der Waals surface area contributed by atoms with E-state index in [1.54, 1.807) is 25.1 Å². The summed E-state index contributed by atoms with van der Waals surface area (Å²) in [5.74, 6) is -0.972. The number of benzene rings is 1. The summed E-state index contributed by atoms with van der Waals surface area (Å²) in [4.78, 5) is 15.5. The Morgan fingerprint density at radius 1 is 1.44 bits per heavy atom. The molecule has 0 saturated carbocycles. The van der Waals surface area contributed by atoms with Gasteiger partial charge in [-0.1, -0.05) is 29.8 Å². The van der Waals surface area contributed by atoms with Crippen molar-refractivity contribution in [3.8, 4) is 11.3 Å². The molecule has 0 unspecified atom stereocenters. The Morgan fingerprint density at radius 2 is 2.12 bits per heavy atom. The zero-order valence-electron chi connectivity index (χ0n) is 8.40. The largest absolute Gasteiger partial charge is 0.477 e. The Morgan fingerprint density at radius 3 is 2.75 bits per heavy atom. The summed E-state index contributed by atoms with van der Waals surface area (Å²) in [7, 11) is 0. The highest BCUT2D eigenvalue weighted by Gasteiger charge is 2.18. The molecule has 0 fully saturated rings. The fraction of sp³-hybridized carbons (Fsp3) is 0.0909. The molecule has 1 N–H and O–H groups in total. The van der Waals surface area contributed by atoms with Gasteiger partial charge >= 0.3 is 5.97 Å². The standard InChI is InChI=1S/C11H8ClNO2S/c1-6-13-9(10(16-6)11(14)15)7-4-2-3-5-8(7)12/h2-5H,1H3,(H,14,15). The lowest BCUT2D eigenvalue weighted by atomic mass is 10.1. The van der Waals surface area contributed by atoms with Crippen LogP contribution < -0.4 is 0 Å². The molecule has 0 aliphatic carbocycles. The van der Waals surface area contributed by atoms with Crippen LogP contribution in [0.1, 0.15) is 14.7 Å². The first kappa shape index (κ1) is 11.1. The van der Waals surface area contributed by atoms with Crippen LogP contribution in [0.3, 0.4) is 0 Å². The van der Waals surface area contributed by atoms with Crippen LogP contribution in [-0.4, -0.2) is 16.1 Å². The van der Waals surface area contributed by atoms with Crippen molar-refractivity contribution in [3.63, 3.8) is 0 Å². The molecule has 0 bridgehead atoms. The maximum atomic E-state index is 11.0. The summed E-state index contributed by atoms with van der Waals surface area (Å²) in [5, 5.41) is 10.3. The number of nitrogens with zero attached hydrogens (tertiary/aromatic N) is 1. The number of carboxylic acids is 1. The van der Waals surface area contributed by atoms with Crippen molar-refractivity contribution in [1.82, 2.24) is 4.98 Å². The van der Waals surface area contributed by atoms with E-state index >= 15 is 0 Å². The van der Waals surface area contributed by atoms with Crippen LogP contribution in [0.2, 0.25) is 5.02 Å². The third kappa shape index (κ3) is 1.94. The highest BCUT2D eigenvalue weighted by Crippen LogP contribution is 2.32. The summed E-state index contributed by atoms with van der Waals surface area (Å²) in [5.41, 5.74) is 1.10. The summed E-state index contributed by atoms with van der Waals surface area (Å²) < 4.78 is 0. The van der Waals surface area contributed by atoms with Crippen LogP contribution >= 0.6 is 22.9 Å². The fourth-order valence-electron chi connectivity index (χ4n) is 1.41. The maximum absolute atomic E-state index is 11.0. The highest BCUT2D eigenvalue weighted by molar-refractivity contribution is 7.14. The first-order valence-electron chi connectivity index (χ1n) is 4.55. The van der Waals surface area contributed by atoms with Gasteiger partial charge in [-0.25, -0.2) is 9.78 Å². The number of aromatic nitrogens is 1. The second-order valence-corrected chi connectivity index (χ2v) is 4.81. The van der Waals surface area contributed by atoms with E-state index in [1.165, 1.54) is 0 Å². The smallest absolute Gasteiger partial charge is 0.348 e. The van der Waals surface area contributed by atoms with Gasteiger partial charge in [-0.15, -0.1) is 11.3 Å². The van der Waals surface area contributed by atoms with Crippen molar-refractivity contribution >= 4 is 28.9 Å². The number of hydrogen-bond acceptors (Lipinski definition) is 3. The lowest BCUT2D eigenvalue weighted by molar-refractivity contribution is 0.0702. The summed E-state index contributed by atoms with van der Waals surface area (Å²) in [6.07, 6.45) is 0. The molecule has 0 atom stereocenters. The lowest BCUT2D eigenvalue weighted by Crippen LogP contribution is -1.95. The second kappa shape index (κ2) is 4.23. The maximum Gasteiger partial charge on any atom is 0.348 e.